The van der Waals surface area contributed by atoms with Crippen molar-refractivity contribution in [1.29, 1.82) is 0 Å². The van der Waals surface area contributed by atoms with Crippen molar-refractivity contribution in [2.45, 2.75) is 183 Å². The number of Topliss-reactive ketones (excluding diaryl/α,β-unsaturated/α-hetero) is 2. The second-order valence-corrected chi connectivity index (χ2v) is 20.2. The molecule has 0 saturated heterocycles. The molecule has 352 valence electrons. The SMILES string of the molecule is CCC1c2nc(cc3[n-]c(cc4nc(c5c6[n-]c(cc6C(=O)C5C(=O)OC)c2C)C(CCC(=O)OC/C=C(\C)CCCC(C)CCCC(C)CCCC(C)C)C4C)c(C)c3C(C)=O)C1C.[Mg+2]. The molecular weight excluding hydrogens is 837 g/mol. The number of esters is 2. The molecule has 3 aromatic heterocycles. The number of aryl methyl sites for hydroxylation is 2. The van der Waals surface area contributed by atoms with Crippen LogP contribution in [0.5, 0.6) is 0 Å². The van der Waals surface area contributed by atoms with Crippen LogP contribution in [0.2, 0.25) is 0 Å². The van der Waals surface area contributed by atoms with Crippen molar-refractivity contribution in [2.24, 2.45) is 17.8 Å². The minimum absolute atomic E-state index is 0. The Labute approximate surface area is 409 Å². The predicted molar refractivity (Wildman–Crippen MR) is 265 cm³/mol. The molecule has 3 aliphatic rings. The molecule has 7 unspecified atom stereocenters. The molecule has 6 rings (SSSR count). The number of ether oxygens (including phenoxy) is 2. The maximum absolute atomic E-state index is 14.3. The Kier molecular flexibility index (Phi) is 18.6. The van der Waals surface area contributed by atoms with Gasteiger partial charge in [-0.2, -0.15) is 0 Å². The van der Waals surface area contributed by atoms with E-state index in [4.69, 9.17) is 29.4 Å². The number of hydrogen-bond acceptors (Lipinski definition) is 8. The van der Waals surface area contributed by atoms with Crippen molar-refractivity contribution >= 4 is 68.6 Å². The van der Waals surface area contributed by atoms with Gasteiger partial charge in [-0.25, -0.2) is 0 Å². The van der Waals surface area contributed by atoms with E-state index in [0.717, 1.165) is 53.6 Å². The first kappa shape index (κ1) is 52.9. The van der Waals surface area contributed by atoms with Crippen LogP contribution in [0.25, 0.3) is 22.1 Å². The standard InChI is InChI=1S/C55H75N4O6.Mg/c1-13-39-34(7)44-29-46-48(38(11)60)36(9)45(56-46)28-43-35(8)40(52(59-43)49-50(55(63)64-12)54(62)41-27-42(58-53(41)49)37(10)51(39)57-44)23-24-47(61)65-26-25-33(6)22-16-21-32(5)20-15-19-31(4)18-14-17-30(2)3;/h25,27-32,34-35,39-40,50H,13-24,26H2,1-12H3,(H-,56,57,58,59,60,62);/q-1;+2/p-1/b33-25+;. The molecule has 0 N–H and O–H groups in total. The van der Waals surface area contributed by atoms with Crippen LogP contribution < -0.4 is 9.97 Å². The third-order valence-electron chi connectivity index (χ3n) is 14.8. The number of carbonyl (C=O) groups is 4. The minimum atomic E-state index is -1.24. The van der Waals surface area contributed by atoms with Gasteiger partial charge in [0.2, 0.25) is 0 Å². The summed E-state index contributed by atoms with van der Waals surface area (Å²) in [6, 6.07) is 5.61. The Morgan fingerprint density at radius 1 is 0.773 bits per heavy atom. The van der Waals surface area contributed by atoms with E-state index in [2.05, 4.69) is 48.5 Å². The number of allylic oxidation sites excluding steroid dienone is 1. The van der Waals surface area contributed by atoms with Crippen LogP contribution in [0.3, 0.4) is 0 Å². The van der Waals surface area contributed by atoms with E-state index in [1.165, 1.54) is 57.6 Å². The third-order valence-corrected chi connectivity index (χ3v) is 14.8. The van der Waals surface area contributed by atoms with Gasteiger partial charge in [-0.3, -0.25) is 29.1 Å². The molecule has 0 radical (unpaired) electrons. The van der Waals surface area contributed by atoms with Gasteiger partial charge in [0.15, 0.2) is 11.6 Å². The van der Waals surface area contributed by atoms with Crippen molar-refractivity contribution in [1.82, 2.24) is 19.9 Å². The van der Waals surface area contributed by atoms with Crippen LogP contribution in [0.15, 0.2) is 29.8 Å². The van der Waals surface area contributed by atoms with Crippen molar-refractivity contribution in [3.05, 3.63) is 80.4 Å². The van der Waals surface area contributed by atoms with Gasteiger partial charge in [0.25, 0.3) is 0 Å². The molecular formula is C55H74MgN4O6. The molecule has 3 aromatic rings. The molecule has 0 fully saturated rings. The van der Waals surface area contributed by atoms with Crippen molar-refractivity contribution in [3.8, 4) is 0 Å². The fraction of sp³-hybridized carbons (Fsp3) is 0.600. The van der Waals surface area contributed by atoms with Gasteiger partial charge >= 0.3 is 35.0 Å². The van der Waals surface area contributed by atoms with Gasteiger partial charge < -0.3 is 19.4 Å². The summed E-state index contributed by atoms with van der Waals surface area (Å²) in [5, 5.41) is 0. The van der Waals surface area contributed by atoms with Gasteiger partial charge in [0, 0.05) is 64.0 Å². The normalized spacial score (nSPS) is 20.0. The summed E-state index contributed by atoms with van der Waals surface area (Å²) in [6.07, 6.45) is 14.5. The topological polar surface area (TPSA) is 141 Å². The first-order chi connectivity index (χ1) is 30.9. The number of nitrogens with zero attached hydrogens (tertiary/aromatic N) is 4. The molecule has 0 saturated carbocycles. The van der Waals surface area contributed by atoms with Gasteiger partial charge in [-0.05, 0) is 88.3 Å². The Hall–Kier alpha value is -4.09. The summed E-state index contributed by atoms with van der Waals surface area (Å²) < 4.78 is 11.0. The summed E-state index contributed by atoms with van der Waals surface area (Å²) in [7, 11) is 1.28. The number of hydrogen-bond donors (Lipinski definition) is 0. The molecule has 5 heterocycles. The van der Waals surface area contributed by atoms with Crippen LogP contribution >= 0.6 is 0 Å². The van der Waals surface area contributed by atoms with Crippen LogP contribution in [0.1, 0.15) is 229 Å². The minimum Gasteiger partial charge on any atom is -0.657 e. The maximum Gasteiger partial charge on any atom is 2.00 e. The van der Waals surface area contributed by atoms with E-state index in [0.29, 0.717) is 62.5 Å². The summed E-state index contributed by atoms with van der Waals surface area (Å²) in [6.45, 7) is 23.4. The molecule has 0 amide bonds. The summed E-state index contributed by atoms with van der Waals surface area (Å²) >= 11 is 0. The van der Waals surface area contributed by atoms with Gasteiger partial charge in [-0.15, -0.1) is 22.1 Å². The molecule has 0 spiro atoms. The average Bonchev–Trinajstić information content (AvgIpc) is 4.04. The predicted octanol–water partition coefficient (Wildman–Crippen LogP) is 12.4. The van der Waals surface area contributed by atoms with Crippen LogP contribution in [0.4, 0.5) is 0 Å². The number of ketones is 2. The third kappa shape index (κ3) is 11.8. The van der Waals surface area contributed by atoms with Gasteiger partial charge in [-0.1, -0.05) is 123 Å². The monoisotopic (exact) mass is 911 g/mol. The molecule has 11 heteroatoms. The second kappa shape index (κ2) is 23.3. The van der Waals surface area contributed by atoms with Crippen LogP contribution in [0, 0.1) is 31.6 Å². The number of methoxy groups -OCH3 is 1. The number of carbonyl (C=O) groups excluding carboxylic acids is 4. The van der Waals surface area contributed by atoms with Crippen molar-refractivity contribution in [3.63, 3.8) is 0 Å². The average molecular weight is 912 g/mol. The first-order valence-electron chi connectivity index (χ1n) is 24.6. The molecule has 8 bridgehead atoms. The fourth-order valence-corrected chi connectivity index (χ4v) is 10.6. The second-order valence-electron chi connectivity index (χ2n) is 20.2. The molecule has 1 aliphatic carbocycles. The largest absolute Gasteiger partial charge is 2.00 e. The van der Waals surface area contributed by atoms with Gasteiger partial charge in [0.1, 0.15) is 12.5 Å². The molecule has 2 aliphatic heterocycles. The number of aromatic nitrogens is 4. The van der Waals surface area contributed by atoms with E-state index < -0.39 is 11.9 Å². The summed E-state index contributed by atoms with van der Waals surface area (Å²) in [4.78, 5) is 74.9. The number of rotatable bonds is 20. The Morgan fingerprint density at radius 2 is 1.36 bits per heavy atom. The smallest absolute Gasteiger partial charge is 0.657 e. The van der Waals surface area contributed by atoms with E-state index in [1.807, 2.05) is 39.0 Å². The van der Waals surface area contributed by atoms with Crippen molar-refractivity contribution < 1.29 is 28.7 Å². The van der Waals surface area contributed by atoms with E-state index >= 15 is 0 Å². The Balaban J connectivity index is 0.00000817. The van der Waals surface area contributed by atoms with E-state index in [9.17, 15) is 19.2 Å². The fourth-order valence-electron chi connectivity index (χ4n) is 10.6. The number of fused-ring (bicyclic) bond motifs is 8. The van der Waals surface area contributed by atoms with Gasteiger partial charge in [0.05, 0.1) is 7.11 Å². The Bertz CT molecular complexity index is 2460. The molecule has 7 atom stereocenters. The van der Waals surface area contributed by atoms with Crippen LogP contribution in [-0.2, 0) is 19.1 Å². The zero-order valence-corrected chi connectivity index (χ0v) is 43.5. The molecule has 10 nitrogen and oxygen atoms in total. The quantitative estimate of drug-likeness (QED) is 0.0354. The molecule has 66 heavy (non-hydrogen) atoms. The molecule has 0 aromatic carbocycles. The van der Waals surface area contributed by atoms with E-state index in [-0.39, 0.29) is 77.3 Å². The van der Waals surface area contributed by atoms with E-state index in [1.54, 1.807) is 13.0 Å². The van der Waals surface area contributed by atoms with Crippen molar-refractivity contribution in [2.75, 3.05) is 13.7 Å². The zero-order chi connectivity index (χ0) is 47.3. The summed E-state index contributed by atoms with van der Waals surface area (Å²) in [5.41, 5.74) is 9.27. The maximum atomic E-state index is 14.3. The first-order valence-corrected chi connectivity index (χ1v) is 24.6. The zero-order valence-electron chi connectivity index (χ0n) is 42.1. The van der Waals surface area contributed by atoms with Crippen LogP contribution in [-0.4, -0.2) is 70.2 Å². The Morgan fingerprint density at radius 3 is 1.98 bits per heavy atom. The summed E-state index contributed by atoms with van der Waals surface area (Å²) in [5.74, 6) is -0.881.